The number of hydrogen-bond acceptors (Lipinski definition) is 5. The van der Waals surface area contributed by atoms with Crippen LogP contribution in [-0.2, 0) is 19.4 Å². The normalized spacial score (nSPS) is 23.5. The predicted octanol–water partition coefficient (Wildman–Crippen LogP) is 0.749. The maximum Gasteiger partial charge on any atom is 0.325 e. The standard InChI is InChI=1S/C16H19N3O5S/c1-16(10-6-7-10)14(21)19(15(22)18-16)9-13(20)17-11-4-3-5-12(8-11)25(2,23)24/h3-5,8,10H,6-7,9H2,1-2H3,(H,17,20)(H,18,22)/t16-/m1/s1. The average molecular weight is 365 g/mol. The van der Waals surface area contributed by atoms with E-state index in [4.69, 9.17) is 0 Å². The SMILES string of the molecule is C[C@]1(C2CC2)NC(=O)N(CC(=O)Nc2cccc(S(C)(=O)=O)c2)C1=O. The predicted molar refractivity (Wildman–Crippen MR) is 89.6 cm³/mol. The summed E-state index contributed by atoms with van der Waals surface area (Å²) in [5, 5.41) is 5.19. The largest absolute Gasteiger partial charge is 0.325 e. The zero-order valence-corrected chi connectivity index (χ0v) is 14.7. The van der Waals surface area contributed by atoms with Gasteiger partial charge < -0.3 is 10.6 Å². The van der Waals surface area contributed by atoms with Gasteiger partial charge in [0.1, 0.15) is 12.1 Å². The Labute approximate surface area is 145 Å². The van der Waals surface area contributed by atoms with Crippen LogP contribution in [0, 0.1) is 5.92 Å². The molecule has 1 aromatic rings. The highest BCUT2D eigenvalue weighted by Gasteiger charge is 2.56. The fourth-order valence-electron chi connectivity index (χ4n) is 2.95. The molecule has 1 atom stereocenters. The molecule has 25 heavy (non-hydrogen) atoms. The van der Waals surface area contributed by atoms with E-state index in [1.165, 1.54) is 24.3 Å². The Morgan fingerprint density at radius 2 is 2.04 bits per heavy atom. The zero-order valence-electron chi connectivity index (χ0n) is 13.9. The topological polar surface area (TPSA) is 113 Å². The lowest BCUT2D eigenvalue weighted by Crippen LogP contribution is -2.46. The minimum absolute atomic E-state index is 0.0709. The first-order chi connectivity index (χ1) is 11.6. The van der Waals surface area contributed by atoms with Gasteiger partial charge in [0.2, 0.25) is 5.91 Å². The van der Waals surface area contributed by atoms with Crippen molar-refractivity contribution in [1.29, 1.82) is 0 Å². The quantitative estimate of drug-likeness (QED) is 0.748. The molecule has 3 rings (SSSR count). The Morgan fingerprint density at radius 1 is 1.36 bits per heavy atom. The number of carbonyl (C=O) groups excluding carboxylic acids is 3. The molecule has 1 saturated carbocycles. The maximum absolute atomic E-state index is 12.5. The van der Waals surface area contributed by atoms with Crippen molar-refractivity contribution >= 4 is 33.4 Å². The molecule has 1 aliphatic carbocycles. The van der Waals surface area contributed by atoms with Gasteiger partial charge in [-0.15, -0.1) is 0 Å². The van der Waals surface area contributed by atoms with Crippen LogP contribution in [0.3, 0.4) is 0 Å². The summed E-state index contributed by atoms with van der Waals surface area (Å²) in [6, 6.07) is 5.20. The third-order valence-corrected chi connectivity index (χ3v) is 5.65. The van der Waals surface area contributed by atoms with Crippen molar-refractivity contribution in [2.75, 3.05) is 18.1 Å². The first-order valence-electron chi connectivity index (χ1n) is 7.85. The van der Waals surface area contributed by atoms with Crippen LogP contribution in [-0.4, -0.2) is 49.5 Å². The van der Waals surface area contributed by atoms with Gasteiger partial charge in [-0.3, -0.25) is 14.5 Å². The number of carbonyl (C=O) groups is 3. The molecule has 1 heterocycles. The van der Waals surface area contributed by atoms with E-state index in [1.807, 2.05) is 0 Å². The van der Waals surface area contributed by atoms with E-state index in [1.54, 1.807) is 6.92 Å². The summed E-state index contributed by atoms with van der Waals surface area (Å²) in [4.78, 5) is 37.7. The summed E-state index contributed by atoms with van der Waals surface area (Å²) in [6.45, 7) is 1.26. The van der Waals surface area contributed by atoms with Crippen molar-refractivity contribution in [3.63, 3.8) is 0 Å². The fraction of sp³-hybridized carbons (Fsp3) is 0.438. The molecule has 4 amide bonds. The second-order valence-electron chi connectivity index (χ2n) is 6.65. The molecule has 8 nitrogen and oxygen atoms in total. The van der Waals surface area contributed by atoms with E-state index in [9.17, 15) is 22.8 Å². The molecule has 1 aliphatic heterocycles. The minimum Gasteiger partial charge on any atom is -0.324 e. The molecule has 1 saturated heterocycles. The Hall–Kier alpha value is -2.42. The van der Waals surface area contributed by atoms with Crippen molar-refractivity contribution in [2.24, 2.45) is 5.92 Å². The van der Waals surface area contributed by atoms with Crippen molar-refractivity contribution in [3.05, 3.63) is 24.3 Å². The highest BCUT2D eigenvalue weighted by Crippen LogP contribution is 2.42. The van der Waals surface area contributed by atoms with Crippen LogP contribution in [0.4, 0.5) is 10.5 Å². The monoisotopic (exact) mass is 365 g/mol. The van der Waals surface area contributed by atoms with Crippen LogP contribution >= 0.6 is 0 Å². The number of hydrogen-bond donors (Lipinski definition) is 2. The Balaban J connectivity index is 1.69. The molecule has 0 radical (unpaired) electrons. The molecule has 9 heteroatoms. The Morgan fingerprint density at radius 3 is 2.64 bits per heavy atom. The molecular formula is C16H19N3O5S. The number of urea groups is 1. The smallest absolute Gasteiger partial charge is 0.324 e. The molecule has 134 valence electrons. The Kier molecular flexibility index (Phi) is 4.06. The number of imide groups is 1. The lowest BCUT2D eigenvalue weighted by molar-refractivity contribution is -0.134. The molecule has 0 aromatic heterocycles. The van der Waals surface area contributed by atoms with Crippen LogP contribution in [0.25, 0.3) is 0 Å². The van der Waals surface area contributed by atoms with E-state index >= 15 is 0 Å². The van der Waals surface area contributed by atoms with E-state index in [0.29, 0.717) is 0 Å². The molecule has 0 unspecified atom stereocenters. The van der Waals surface area contributed by atoms with Gasteiger partial charge in [-0.2, -0.15) is 0 Å². The summed E-state index contributed by atoms with van der Waals surface area (Å²) in [5.41, 5.74) is -0.655. The van der Waals surface area contributed by atoms with Gasteiger partial charge >= 0.3 is 6.03 Å². The third-order valence-electron chi connectivity index (χ3n) is 4.54. The van der Waals surface area contributed by atoms with Crippen LogP contribution < -0.4 is 10.6 Å². The van der Waals surface area contributed by atoms with Gasteiger partial charge in [0.15, 0.2) is 9.84 Å². The number of anilines is 1. The summed E-state index contributed by atoms with van der Waals surface area (Å²) < 4.78 is 23.1. The van der Waals surface area contributed by atoms with Gasteiger partial charge in [-0.1, -0.05) is 6.07 Å². The van der Waals surface area contributed by atoms with Crippen LogP contribution in [0.15, 0.2) is 29.2 Å². The fourth-order valence-corrected chi connectivity index (χ4v) is 3.61. The number of nitrogens with zero attached hydrogens (tertiary/aromatic N) is 1. The van der Waals surface area contributed by atoms with Crippen LogP contribution in [0.1, 0.15) is 19.8 Å². The van der Waals surface area contributed by atoms with E-state index < -0.39 is 39.8 Å². The maximum atomic E-state index is 12.5. The highest BCUT2D eigenvalue weighted by molar-refractivity contribution is 7.90. The van der Waals surface area contributed by atoms with Gasteiger partial charge in [0, 0.05) is 11.9 Å². The van der Waals surface area contributed by atoms with Crippen molar-refractivity contribution in [1.82, 2.24) is 10.2 Å². The number of rotatable bonds is 5. The second-order valence-corrected chi connectivity index (χ2v) is 8.66. The number of sulfone groups is 1. The van der Waals surface area contributed by atoms with Crippen molar-refractivity contribution in [3.8, 4) is 0 Å². The molecule has 2 fully saturated rings. The lowest BCUT2D eigenvalue weighted by Gasteiger charge is -2.20. The molecule has 0 bridgehead atoms. The molecule has 2 N–H and O–H groups in total. The summed E-state index contributed by atoms with van der Waals surface area (Å²) in [5.74, 6) is -0.863. The van der Waals surface area contributed by atoms with E-state index in [2.05, 4.69) is 10.6 Å². The van der Waals surface area contributed by atoms with Gasteiger partial charge in [0.05, 0.1) is 4.90 Å². The van der Waals surface area contributed by atoms with E-state index in [-0.39, 0.29) is 16.5 Å². The number of benzene rings is 1. The highest BCUT2D eigenvalue weighted by atomic mass is 32.2. The minimum atomic E-state index is -3.40. The summed E-state index contributed by atoms with van der Waals surface area (Å²) in [6.07, 6.45) is 2.82. The van der Waals surface area contributed by atoms with Crippen LogP contribution in [0.2, 0.25) is 0 Å². The van der Waals surface area contributed by atoms with Gasteiger partial charge in [-0.25, -0.2) is 13.2 Å². The van der Waals surface area contributed by atoms with Gasteiger partial charge in [0.25, 0.3) is 5.91 Å². The van der Waals surface area contributed by atoms with Crippen LogP contribution in [0.5, 0.6) is 0 Å². The van der Waals surface area contributed by atoms with E-state index in [0.717, 1.165) is 24.0 Å². The molecule has 2 aliphatic rings. The molecule has 0 spiro atoms. The first kappa shape index (κ1) is 17.4. The summed E-state index contributed by atoms with van der Waals surface area (Å²) >= 11 is 0. The van der Waals surface area contributed by atoms with Gasteiger partial charge in [-0.05, 0) is 43.9 Å². The van der Waals surface area contributed by atoms with Crippen molar-refractivity contribution < 1.29 is 22.8 Å². The zero-order chi connectivity index (χ0) is 18.4. The average Bonchev–Trinajstić information content (AvgIpc) is 3.33. The Bertz CT molecular complexity index is 862. The molecular weight excluding hydrogens is 346 g/mol. The molecule has 1 aromatic carbocycles. The first-order valence-corrected chi connectivity index (χ1v) is 9.74. The summed E-state index contributed by atoms with van der Waals surface area (Å²) in [7, 11) is -3.40. The third kappa shape index (κ3) is 3.37. The second kappa shape index (κ2) is 5.83. The number of amides is 4. The number of nitrogens with one attached hydrogen (secondary N) is 2. The lowest BCUT2D eigenvalue weighted by atomic mass is 9.96. The van der Waals surface area contributed by atoms with Crippen molar-refractivity contribution in [2.45, 2.75) is 30.2 Å².